The summed E-state index contributed by atoms with van der Waals surface area (Å²) < 4.78 is 16.0. The molecule has 0 aromatic heterocycles. The third-order valence-corrected chi connectivity index (χ3v) is 3.53. The average Bonchev–Trinajstić information content (AvgIpc) is 2.59. The molecule has 0 radical (unpaired) electrons. The van der Waals surface area contributed by atoms with Crippen LogP contribution in [0.2, 0.25) is 0 Å². The molecule has 1 aliphatic rings. The molecule has 0 unspecified atom stereocenters. The van der Waals surface area contributed by atoms with Gasteiger partial charge in [-0.3, -0.25) is 9.59 Å². The molecule has 1 aromatic carbocycles. The van der Waals surface area contributed by atoms with Gasteiger partial charge >= 0.3 is 0 Å². The number of hydrogen-bond donors (Lipinski definition) is 0. The Labute approximate surface area is 129 Å². The smallest absolute Gasteiger partial charge is 0.260 e. The van der Waals surface area contributed by atoms with Crippen LogP contribution in [-0.4, -0.2) is 69.1 Å². The van der Waals surface area contributed by atoms with E-state index in [9.17, 15) is 9.59 Å². The lowest BCUT2D eigenvalue weighted by atomic mass is 10.3. The van der Waals surface area contributed by atoms with Gasteiger partial charge in [-0.2, -0.15) is 0 Å². The predicted octanol–water partition coefficient (Wildman–Crippen LogP) is 0.383. The van der Waals surface area contributed by atoms with Gasteiger partial charge in [-0.25, -0.2) is 0 Å². The molecule has 0 saturated carbocycles. The molecule has 22 heavy (non-hydrogen) atoms. The molecule has 0 spiro atoms. The minimum absolute atomic E-state index is 0.0788. The molecule has 1 heterocycles. The molecule has 0 bridgehead atoms. The van der Waals surface area contributed by atoms with Crippen molar-refractivity contribution in [3.05, 3.63) is 18.2 Å². The monoisotopic (exact) mass is 308 g/mol. The number of benzene rings is 1. The molecule has 1 aromatic rings. The van der Waals surface area contributed by atoms with Gasteiger partial charge in [0.15, 0.2) is 18.1 Å². The number of carbonyl (C=O) groups is 2. The Morgan fingerprint density at radius 3 is 2.41 bits per heavy atom. The SMILES string of the molecule is COc1cccc(OCC(=O)N2CCN(C=O)CC2)c1OC. The van der Waals surface area contributed by atoms with E-state index < -0.39 is 0 Å². The Morgan fingerprint density at radius 1 is 1.14 bits per heavy atom. The molecule has 1 fully saturated rings. The van der Waals surface area contributed by atoms with Crippen molar-refractivity contribution in [3.63, 3.8) is 0 Å². The van der Waals surface area contributed by atoms with E-state index in [1.54, 1.807) is 35.1 Å². The maximum atomic E-state index is 12.1. The van der Waals surface area contributed by atoms with Crippen LogP contribution in [0.25, 0.3) is 0 Å². The van der Waals surface area contributed by atoms with E-state index in [2.05, 4.69) is 0 Å². The van der Waals surface area contributed by atoms with Crippen molar-refractivity contribution in [1.29, 1.82) is 0 Å². The quantitative estimate of drug-likeness (QED) is 0.711. The summed E-state index contributed by atoms with van der Waals surface area (Å²) in [7, 11) is 3.06. The fourth-order valence-corrected chi connectivity index (χ4v) is 2.28. The van der Waals surface area contributed by atoms with Crippen LogP contribution in [0, 0.1) is 0 Å². The van der Waals surface area contributed by atoms with Crippen LogP contribution >= 0.6 is 0 Å². The van der Waals surface area contributed by atoms with Crippen LogP contribution in [0.4, 0.5) is 0 Å². The number of methoxy groups -OCH3 is 2. The highest BCUT2D eigenvalue weighted by Crippen LogP contribution is 2.36. The summed E-state index contributed by atoms with van der Waals surface area (Å²) in [6.07, 6.45) is 0.805. The zero-order chi connectivity index (χ0) is 15.9. The van der Waals surface area contributed by atoms with E-state index in [1.165, 1.54) is 7.11 Å². The van der Waals surface area contributed by atoms with Gasteiger partial charge in [-0.05, 0) is 12.1 Å². The number of carbonyl (C=O) groups excluding carboxylic acids is 2. The Bertz CT molecular complexity index is 527. The second-order valence-electron chi connectivity index (χ2n) is 4.80. The summed E-state index contributed by atoms with van der Waals surface area (Å²) in [6.45, 7) is 2.08. The van der Waals surface area contributed by atoms with E-state index in [0.29, 0.717) is 43.4 Å². The van der Waals surface area contributed by atoms with Gasteiger partial charge in [0.25, 0.3) is 5.91 Å². The Kier molecular flexibility index (Phi) is 5.46. The Hall–Kier alpha value is -2.44. The van der Waals surface area contributed by atoms with Crippen molar-refractivity contribution >= 4 is 12.3 Å². The summed E-state index contributed by atoms with van der Waals surface area (Å²) in [6, 6.07) is 5.25. The zero-order valence-corrected chi connectivity index (χ0v) is 12.8. The number of piperazine rings is 1. The Morgan fingerprint density at radius 2 is 1.82 bits per heavy atom. The molecule has 2 rings (SSSR count). The highest BCUT2D eigenvalue weighted by molar-refractivity contribution is 5.78. The number of ether oxygens (including phenoxy) is 3. The summed E-state index contributed by atoms with van der Waals surface area (Å²) in [5.74, 6) is 1.35. The summed E-state index contributed by atoms with van der Waals surface area (Å²) in [5.41, 5.74) is 0. The molecular formula is C15H20N2O5. The first-order valence-electron chi connectivity index (χ1n) is 7.00. The number of hydrogen-bond acceptors (Lipinski definition) is 5. The van der Waals surface area contributed by atoms with Crippen molar-refractivity contribution in [2.75, 3.05) is 47.0 Å². The molecule has 1 aliphatic heterocycles. The molecule has 0 N–H and O–H groups in total. The molecule has 1 saturated heterocycles. The predicted molar refractivity (Wildman–Crippen MR) is 79.3 cm³/mol. The van der Waals surface area contributed by atoms with Crippen LogP contribution in [-0.2, 0) is 9.59 Å². The van der Waals surface area contributed by atoms with Crippen molar-refractivity contribution < 1.29 is 23.8 Å². The molecule has 120 valence electrons. The van der Waals surface area contributed by atoms with Gasteiger partial charge in [0.05, 0.1) is 14.2 Å². The van der Waals surface area contributed by atoms with Crippen LogP contribution in [0.5, 0.6) is 17.2 Å². The van der Waals surface area contributed by atoms with Gasteiger partial charge in [-0.1, -0.05) is 6.07 Å². The second-order valence-corrected chi connectivity index (χ2v) is 4.80. The third kappa shape index (κ3) is 3.60. The minimum atomic E-state index is -0.115. The lowest BCUT2D eigenvalue weighted by Gasteiger charge is -2.32. The number of para-hydroxylation sites is 1. The van der Waals surface area contributed by atoms with Gasteiger partial charge in [0.1, 0.15) is 0 Å². The fraction of sp³-hybridized carbons (Fsp3) is 0.467. The maximum Gasteiger partial charge on any atom is 0.260 e. The van der Waals surface area contributed by atoms with Crippen molar-refractivity contribution in [3.8, 4) is 17.2 Å². The highest BCUT2D eigenvalue weighted by Gasteiger charge is 2.21. The summed E-state index contributed by atoms with van der Waals surface area (Å²) in [4.78, 5) is 26.1. The van der Waals surface area contributed by atoms with Crippen molar-refractivity contribution in [2.24, 2.45) is 0 Å². The minimum Gasteiger partial charge on any atom is -0.493 e. The lowest BCUT2D eigenvalue weighted by molar-refractivity contribution is -0.137. The maximum absolute atomic E-state index is 12.1. The highest BCUT2D eigenvalue weighted by atomic mass is 16.5. The second kappa shape index (κ2) is 7.53. The molecular weight excluding hydrogens is 288 g/mol. The molecule has 0 aliphatic carbocycles. The fourth-order valence-electron chi connectivity index (χ4n) is 2.28. The van der Waals surface area contributed by atoms with E-state index in [-0.39, 0.29) is 12.5 Å². The first kappa shape index (κ1) is 15.9. The van der Waals surface area contributed by atoms with Gasteiger partial charge < -0.3 is 24.0 Å². The van der Waals surface area contributed by atoms with Crippen LogP contribution in [0.1, 0.15) is 0 Å². The largest absolute Gasteiger partial charge is 0.493 e. The first-order chi connectivity index (χ1) is 10.7. The van der Waals surface area contributed by atoms with Crippen LogP contribution in [0.3, 0.4) is 0 Å². The van der Waals surface area contributed by atoms with Crippen LogP contribution in [0.15, 0.2) is 18.2 Å². The first-order valence-corrected chi connectivity index (χ1v) is 7.00. The summed E-state index contributed by atoms with van der Waals surface area (Å²) in [5, 5.41) is 0. The standard InChI is InChI=1S/C15H20N2O5/c1-20-12-4-3-5-13(15(12)21-2)22-10-14(19)17-8-6-16(11-18)7-9-17/h3-5,11H,6-10H2,1-2H3. The number of amides is 2. The normalized spacial score (nSPS) is 14.5. The van der Waals surface area contributed by atoms with E-state index in [4.69, 9.17) is 14.2 Å². The average molecular weight is 308 g/mol. The zero-order valence-electron chi connectivity index (χ0n) is 12.8. The van der Waals surface area contributed by atoms with E-state index in [1.807, 2.05) is 0 Å². The van der Waals surface area contributed by atoms with Crippen molar-refractivity contribution in [2.45, 2.75) is 0 Å². The third-order valence-electron chi connectivity index (χ3n) is 3.53. The topological polar surface area (TPSA) is 68.3 Å². The molecule has 7 heteroatoms. The van der Waals surface area contributed by atoms with Crippen LogP contribution < -0.4 is 14.2 Å². The Balaban J connectivity index is 1.93. The van der Waals surface area contributed by atoms with E-state index in [0.717, 1.165) is 6.41 Å². The van der Waals surface area contributed by atoms with Gasteiger partial charge in [0, 0.05) is 26.2 Å². The van der Waals surface area contributed by atoms with Gasteiger partial charge in [-0.15, -0.1) is 0 Å². The number of nitrogens with zero attached hydrogens (tertiary/aromatic N) is 2. The molecule has 0 atom stereocenters. The van der Waals surface area contributed by atoms with Crippen molar-refractivity contribution in [1.82, 2.24) is 9.80 Å². The molecule has 2 amide bonds. The van der Waals surface area contributed by atoms with E-state index >= 15 is 0 Å². The summed E-state index contributed by atoms with van der Waals surface area (Å²) >= 11 is 0. The van der Waals surface area contributed by atoms with Gasteiger partial charge in [0.2, 0.25) is 12.2 Å². The number of rotatable bonds is 6. The molecule has 7 nitrogen and oxygen atoms in total. The lowest BCUT2D eigenvalue weighted by Crippen LogP contribution is -2.49.